The molecule has 0 fully saturated rings. The van der Waals surface area contributed by atoms with Crippen molar-refractivity contribution in [2.75, 3.05) is 11.1 Å². The third-order valence-electron chi connectivity index (χ3n) is 3.03. The molecule has 0 atom stereocenters. The molecule has 9 heteroatoms. The third-order valence-corrected chi connectivity index (χ3v) is 4.90. The van der Waals surface area contributed by atoms with Crippen molar-refractivity contribution in [1.29, 1.82) is 0 Å². The molecule has 0 unspecified atom stereocenters. The first-order valence-corrected chi connectivity index (χ1v) is 9.11. The highest BCUT2D eigenvalue weighted by molar-refractivity contribution is 7.99. The first-order chi connectivity index (χ1) is 12.0. The summed E-state index contributed by atoms with van der Waals surface area (Å²) in [6.45, 7) is 0. The molecule has 0 aliphatic heterocycles. The Morgan fingerprint density at radius 2 is 1.92 bits per heavy atom. The lowest BCUT2D eigenvalue weighted by molar-refractivity contribution is -0.113. The topological polar surface area (TPSA) is 68.0 Å². The maximum atomic E-state index is 12.0. The van der Waals surface area contributed by atoms with Crippen LogP contribution >= 0.6 is 46.6 Å². The molecule has 0 aliphatic carbocycles. The molecular weight excluding hydrogens is 405 g/mol. The zero-order valence-corrected chi connectivity index (χ0v) is 15.6. The Labute approximate surface area is 162 Å². The van der Waals surface area contributed by atoms with E-state index in [1.165, 1.54) is 0 Å². The second-order valence-electron chi connectivity index (χ2n) is 4.82. The molecule has 1 aromatic heterocycles. The van der Waals surface area contributed by atoms with Gasteiger partial charge in [0.25, 0.3) is 5.22 Å². The molecule has 1 N–H and O–H groups in total. The van der Waals surface area contributed by atoms with Gasteiger partial charge in [-0.2, -0.15) is 0 Å². The van der Waals surface area contributed by atoms with E-state index in [0.29, 0.717) is 32.2 Å². The minimum absolute atomic E-state index is 0.0834. The van der Waals surface area contributed by atoms with Gasteiger partial charge in [-0.05, 0) is 30.3 Å². The van der Waals surface area contributed by atoms with Crippen LogP contribution in [0.4, 0.5) is 5.69 Å². The lowest BCUT2D eigenvalue weighted by Crippen LogP contribution is -2.14. The lowest BCUT2D eigenvalue weighted by Gasteiger charge is -2.07. The second kappa shape index (κ2) is 8.10. The average molecular weight is 415 g/mol. The van der Waals surface area contributed by atoms with Gasteiger partial charge in [0.15, 0.2) is 0 Å². The molecule has 0 radical (unpaired) electrons. The number of thioether (sulfide) groups is 1. The molecular formula is C16H10Cl3N3O2S. The Kier molecular flexibility index (Phi) is 5.86. The van der Waals surface area contributed by atoms with Gasteiger partial charge in [-0.25, -0.2) is 0 Å². The van der Waals surface area contributed by atoms with Crippen LogP contribution in [0.2, 0.25) is 15.1 Å². The molecule has 3 aromatic rings. The van der Waals surface area contributed by atoms with E-state index in [0.717, 1.165) is 11.8 Å². The lowest BCUT2D eigenvalue weighted by atomic mass is 10.2. The van der Waals surface area contributed by atoms with E-state index < -0.39 is 0 Å². The van der Waals surface area contributed by atoms with Gasteiger partial charge in [0.2, 0.25) is 11.8 Å². The molecule has 0 bridgehead atoms. The molecule has 5 nitrogen and oxygen atoms in total. The summed E-state index contributed by atoms with van der Waals surface area (Å²) in [7, 11) is 0. The highest BCUT2D eigenvalue weighted by Crippen LogP contribution is 2.30. The van der Waals surface area contributed by atoms with E-state index in [2.05, 4.69) is 15.5 Å². The number of rotatable bonds is 5. The summed E-state index contributed by atoms with van der Waals surface area (Å²) in [6, 6.07) is 12.1. The van der Waals surface area contributed by atoms with E-state index in [-0.39, 0.29) is 16.9 Å². The number of nitrogens with zero attached hydrogens (tertiary/aromatic N) is 2. The van der Waals surface area contributed by atoms with Crippen molar-refractivity contribution in [3.8, 4) is 11.5 Å². The number of benzene rings is 2. The van der Waals surface area contributed by atoms with Crippen molar-refractivity contribution in [3.05, 3.63) is 57.5 Å². The number of amides is 1. The fourth-order valence-corrected chi connectivity index (χ4v) is 3.02. The van der Waals surface area contributed by atoms with Crippen molar-refractivity contribution in [2.45, 2.75) is 5.22 Å². The molecule has 25 heavy (non-hydrogen) atoms. The van der Waals surface area contributed by atoms with Gasteiger partial charge in [-0.1, -0.05) is 58.7 Å². The smallest absolute Gasteiger partial charge is 0.277 e. The zero-order valence-electron chi connectivity index (χ0n) is 12.5. The van der Waals surface area contributed by atoms with E-state index in [1.807, 2.05) is 6.07 Å². The minimum atomic E-state index is -0.267. The van der Waals surface area contributed by atoms with Crippen LogP contribution in [0, 0.1) is 0 Å². The van der Waals surface area contributed by atoms with Gasteiger partial charge in [0.1, 0.15) is 0 Å². The summed E-state index contributed by atoms with van der Waals surface area (Å²) in [5.41, 5.74) is 1.16. The molecule has 128 valence electrons. The zero-order chi connectivity index (χ0) is 17.8. The second-order valence-corrected chi connectivity index (χ2v) is 6.97. The van der Waals surface area contributed by atoms with Crippen LogP contribution in [0.1, 0.15) is 0 Å². The van der Waals surface area contributed by atoms with E-state index >= 15 is 0 Å². The summed E-state index contributed by atoms with van der Waals surface area (Å²) >= 11 is 19.0. The number of carbonyl (C=O) groups excluding carboxylic acids is 1. The summed E-state index contributed by atoms with van der Waals surface area (Å²) in [4.78, 5) is 12.0. The molecule has 3 rings (SSSR count). The fraction of sp³-hybridized carbons (Fsp3) is 0.0625. The standard InChI is InChI=1S/C16H10Cl3N3O2S/c17-10-4-1-3-9(7-10)15-21-22-16(24-15)25-8-13(23)20-12-6-2-5-11(18)14(12)19/h1-7H,8H2,(H,20,23). The average Bonchev–Trinajstić information content (AvgIpc) is 3.06. The van der Waals surface area contributed by atoms with Crippen LogP contribution in [-0.4, -0.2) is 21.9 Å². The summed E-state index contributed by atoms with van der Waals surface area (Å²) in [6.07, 6.45) is 0. The minimum Gasteiger partial charge on any atom is -0.411 e. The van der Waals surface area contributed by atoms with Crippen molar-refractivity contribution < 1.29 is 9.21 Å². The predicted octanol–water partition coefficient (Wildman–Crippen LogP) is 5.43. The molecule has 0 saturated heterocycles. The molecule has 0 saturated carbocycles. The Morgan fingerprint density at radius 1 is 1.12 bits per heavy atom. The van der Waals surface area contributed by atoms with Gasteiger partial charge in [-0.15, -0.1) is 10.2 Å². The molecule has 0 spiro atoms. The Bertz CT molecular complexity index is 917. The third kappa shape index (κ3) is 4.67. The fourth-order valence-electron chi connectivity index (χ4n) is 1.92. The number of hydrogen-bond donors (Lipinski definition) is 1. The maximum Gasteiger partial charge on any atom is 0.277 e. The van der Waals surface area contributed by atoms with Gasteiger partial charge in [0.05, 0.1) is 21.5 Å². The molecule has 2 aromatic carbocycles. The maximum absolute atomic E-state index is 12.0. The van der Waals surface area contributed by atoms with Crippen LogP contribution < -0.4 is 5.32 Å². The number of nitrogens with one attached hydrogen (secondary N) is 1. The number of halogens is 3. The monoisotopic (exact) mass is 413 g/mol. The number of anilines is 1. The Balaban J connectivity index is 1.60. The van der Waals surface area contributed by atoms with Crippen LogP contribution in [-0.2, 0) is 4.79 Å². The van der Waals surface area contributed by atoms with Crippen molar-refractivity contribution in [2.24, 2.45) is 0 Å². The first kappa shape index (κ1) is 18.1. The largest absolute Gasteiger partial charge is 0.411 e. The van der Waals surface area contributed by atoms with E-state index in [9.17, 15) is 4.79 Å². The quantitative estimate of drug-likeness (QED) is 0.564. The summed E-state index contributed by atoms with van der Waals surface area (Å²) < 4.78 is 5.52. The van der Waals surface area contributed by atoms with Crippen molar-refractivity contribution >= 4 is 58.2 Å². The van der Waals surface area contributed by atoms with E-state index in [4.69, 9.17) is 39.2 Å². The van der Waals surface area contributed by atoms with Crippen LogP contribution in [0.25, 0.3) is 11.5 Å². The first-order valence-electron chi connectivity index (χ1n) is 6.99. The van der Waals surface area contributed by atoms with E-state index in [1.54, 1.807) is 36.4 Å². The highest BCUT2D eigenvalue weighted by atomic mass is 35.5. The van der Waals surface area contributed by atoms with Crippen LogP contribution in [0.3, 0.4) is 0 Å². The molecule has 1 heterocycles. The SMILES string of the molecule is O=C(CSc1nnc(-c2cccc(Cl)c2)o1)Nc1cccc(Cl)c1Cl. The summed E-state index contributed by atoms with van der Waals surface area (Å²) in [5.74, 6) is 0.153. The summed E-state index contributed by atoms with van der Waals surface area (Å²) in [5, 5.41) is 12.1. The predicted molar refractivity (Wildman–Crippen MR) is 101 cm³/mol. The Morgan fingerprint density at radius 3 is 2.72 bits per heavy atom. The molecule has 0 aliphatic rings. The van der Waals surface area contributed by atoms with Crippen molar-refractivity contribution in [3.63, 3.8) is 0 Å². The van der Waals surface area contributed by atoms with Gasteiger partial charge in [-0.3, -0.25) is 4.79 Å². The van der Waals surface area contributed by atoms with Crippen molar-refractivity contribution in [1.82, 2.24) is 10.2 Å². The van der Waals surface area contributed by atoms with Gasteiger partial charge < -0.3 is 9.73 Å². The van der Waals surface area contributed by atoms with Gasteiger partial charge >= 0.3 is 0 Å². The molecule has 1 amide bonds. The van der Waals surface area contributed by atoms with Crippen LogP contribution in [0.15, 0.2) is 52.1 Å². The van der Waals surface area contributed by atoms with Crippen LogP contribution in [0.5, 0.6) is 0 Å². The Hall–Kier alpha value is -1.73. The number of hydrogen-bond acceptors (Lipinski definition) is 5. The highest BCUT2D eigenvalue weighted by Gasteiger charge is 2.13. The number of aromatic nitrogens is 2. The van der Waals surface area contributed by atoms with Gasteiger partial charge in [0, 0.05) is 10.6 Å². The normalized spacial score (nSPS) is 10.7. The number of carbonyl (C=O) groups is 1.